The van der Waals surface area contributed by atoms with Crippen LogP contribution in [-0.4, -0.2) is 31.6 Å². The molecule has 0 bridgehead atoms. The Bertz CT molecular complexity index is 822. The van der Waals surface area contributed by atoms with E-state index in [9.17, 15) is 9.59 Å². The van der Waals surface area contributed by atoms with Crippen LogP contribution in [0.2, 0.25) is 0 Å². The molecule has 0 saturated heterocycles. The van der Waals surface area contributed by atoms with Gasteiger partial charge in [0.25, 0.3) is 5.91 Å². The number of carbonyl (C=O) groups is 2. The van der Waals surface area contributed by atoms with Gasteiger partial charge in [0.1, 0.15) is 13.2 Å². The van der Waals surface area contributed by atoms with Crippen LogP contribution < -0.4 is 25.8 Å². The van der Waals surface area contributed by atoms with Gasteiger partial charge in [-0.1, -0.05) is 19.1 Å². The lowest BCUT2D eigenvalue weighted by molar-refractivity contribution is -0.119. The van der Waals surface area contributed by atoms with Gasteiger partial charge in [-0.05, 0) is 24.3 Å². The van der Waals surface area contributed by atoms with Gasteiger partial charge < -0.3 is 25.8 Å². The zero-order chi connectivity index (χ0) is 18.5. The monoisotopic (exact) mass is 355 g/mol. The minimum Gasteiger partial charge on any atom is -0.486 e. The number of fused-ring (bicyclic) bond motifs is 1. The first-order chi connectivity index (χ1) is 12.6. The summed E-state index contributed by atoms with van der Waals surface area (Å²) >= 11 is 0. The first kappa shape index (κ1) is 17.8. The predicted octanol–water partition coefficient (Wildman–Crippen LogP) is 2.24. The molecular formula is C19H21N3O4. The Hall–Kier alpha value is -3.06. The Morgan fingerprint density at radius 3 is 2.58 bits per heavy atom. The maximum Gasteiger partial charge on any atom is 0.257 e. The van der Waals surface area contributed by atoms with Gasteiger partial charge >= 0.3 is 0 Å². The van der Waals surface area contributed by atoms with Gasteiger partial charge in [0.15, 0.2) is 11.5 Å². The van der Waals surface area contributed by atoms with Crippen molar-refractivity contribution in [3.63, 3.8) is 0 Å². The molecule has 2 aromatic carbocycles. The van der Waals surface area contributed by atoms with Gasteiger partial charge in [0.2, 0.25) is 5.91 Å². The van der Waals surface area contributed by atoms with Gasteiger partial charge in [-0.25, -0.2) is 0 Å². The summed E-state index contributed by atoms with van der Waals surface area (Å²) in [6.45, 7) is 2.94. The number of para-hydroxylation sites is 1. The molecule has 0 aliphatic carbocycles. The lowest BCUT2D eigenvalue weighted by Gasteiger charge is -2.19. The van der Waals surface area contributed by atoms with Crippen LogP contribution in [0.1, 0.15) is 17.3 Å². The van der Waals surface area contributed by atoms with Crippen LogP contribution in [0.5, 0.6) is 11.5 Å². The average Bonchev–Trinajstić information content (AvgIpc) is 2.67. The number of hydrogen-bond acceptors (Lipinski definition) is 5. The van der Waals surface area contributed by atoms with E-state index in [0.717, 1.165) is 0 Å². The predicted molar refractivity (Wildman–Crippen MR) is 98.7 cm³/mol. The van der Waals surface area contributed by atoms with Gasteiger partial charge in [0.05, 0.1) is 11.3 Å². The molecule has 7 nitrogen and oxygen atoms in total. The number of nitrogens with two attached hydrogens (primary N) is 1. The van der Waals surface area contributed by atoms with Crippen molar-refractivity contribution < 1.29 is 19.1 Å². The number of hydrogen-bond donors (Lipinski definition) is 3. The van der Waals surface area contributed by atoms with Crippen LogP contribution in [0.4, 0.5) is 11.4 Å². The number of amides is 2. The lowest BCUT2D eigenvalue weighted by atomic mass is 10.1. The minimum absolute atomic E-state index is 0.230. The fourth-order valence-corrected chi connectivity index (χ4v) is 2.47. The zero-order valence-corrected chi connectivity index (χ0v) is 14.5. The maximum absolute atomic E-state index is 12.7. The second-order valence-corrected chi connectivity index (χ2v) is 5.98. The van der Waals surface area contributed by atoms with Crippen LogP contribution in [0, 0.1) is 5.92 Å². The van der Waals surface area contributed by atoms with E-state index in [1.54, 1.807) is 49.4 Å². The maximum atomic E-state index is 12.7. The van der Waals surface area contributed by atoms with E-state index < -0.39 is 0 Å². The molecule has 0 radical (unpaired) electrons. The number of nitrogens with one attached hydrogen (secondary N) is 2. The first-order valence-electron chi connectivity index (χ1n) is 8.39. The molecule has 3 rings (SSSR count). The molecule has 1 heterocycles. The first-order valence-corrected chi connectivity index (χ1v) is 8.39. The molecule has 7 heteroatoms. The van der Waals surface area contributed by atoms with E-state index in [0.29, 0.717) is 41.7 Å². The third-order valence-electron chi connectivity index (χ3n) is 4.03. The number of benzene rings is 2. The van der Waals surface area contributed by atoms with Gasteiger partial charge in [-0.2, -0.15) is 0 Å². The molecule has 4 N–H and O–H groups in total. The highest BCUT2D eigenvalue weighted by Crippen LogP contribution is 2.32. The summed E-state index contributed by atoms with van der Waals surface area (Å²) in [6.07, 6.45) is 0. The number of carbonyl (C=O) groups excluding carboxylic acids is 2. The largest absolute Gasteiger partial charge is 0.486 e. The highest BCUT2D eigenvalue weighted by Gasteiger charge is 2.17. The summed E-state index contributed by atoms with van der Waals surface area (Å²) in [7, 11) is 0. The van der Waals surface area contributed by atoms with Crippen LogP contribution in [0.3, 0.4) is 0 Å². The molecular weight excluding hydrogens is 334 g/mol. The molecule has 1 aliphatic rings. The number of rotatable bonds is 5. The highest BCUT2D eigenvalue weighted by molar-refractivity contribution is 6.10. The number of anilines is 2. The molecule has 1 aliphatic heterocycles. The molecule has 1 unspecified atom stereocenters. The van der Waals surface area contributed by atoms with Crippen molar-refractivity contribution in [2.45, 2.75) is 6.92 Å². The Kier molecular flexibility index (Phi) is 5.38. The van der Waals surface area contributed by atoms with Crippen molar-refractivity contribution in [2.24, 2.45) is 11.7 Å². The quantitative estimate of drug-likeness (QED) is 0.763. The van der Waals surface area contributed by atoms with Crippen LogP contribution in [0.15, 0.2) is 42.5 Å². The Balaban J connectivity index is 1.77. The highest BCUT2D eigenvalue weighted by atomic mass is 16.6. The Morgan fingerprint density at radius 1 is 1.08 bits per heavy atom. The van der Waals surface area contributed by atoms with Gasteiger partial charge in [-0.15, -0.1) is 0 Å². The molecule has 2 aromatic rings. The summed E-state index contributed by atoms with van der Waals surface area (Å²) in [6, 6.07) is 12.0. The SMILES string of the molecule is CC(CN)C(=O)Nc1ccccc1C(=O)Nc1ccc2c(c1)OCCO2. The van der Waals surface area contributed by atoms with E-state index in [2.05, 4.69) is 10.6 Å². The fraction of sp³-hybridized carbons (Fsp3) is 0.263. The van der Waals surface area contributed by atoms with Crippen LogP contribution in [0.25, 0.3) is 0 Å². The molecule has 1 atom stereocenters. The van der Waals surface area contributed by atoms with Crippen LogP contribution in [-0.2, 0) is 4.79 Å². The second kappa shape index (κ2) is 7.88. The van der Waals surface area contributed by atoms with Crippen molar-refractivity contribution in [3.05, 3.63) is 48.0 Å². The topological polar surface area (TPSA) is 103 Å². The minimum atomic E-state index is -0.344. The van der Waals surface area contributed by atoms with Crippen molar-refractivity contribution in [2.75, 3.05) is 30.4 Å². The van der Waals surface area contributed by atoms with E-state index >= 15 is 0 Å². The van der Waals surface area contributed by atoms with Crippen molar-refractivity contribution in [1.82, 2.24) is 0 Å². The Labute approximate surface area is 151 Å². The molecule has 0 fully saturated rings. The van der Waals surface area contributed by atoms with E-state index in [1.165, 1.54) is 0 Å². The van der Waals surface area contributed by atoms with Crippen molar-refractivity contribution in [3.8, 4) is 11.5 Å². The second-order valence-electron chi connectivity index (χ2n) is 5.98. The third kappa shape index (κ3) is 3.94. The van der Waals surface area contributed by atoms with Crippen molar-refractivity contribution in [1.29, 1.82) is 0 Å². The normalized spacial score (nSPS) is 13.6. The molecule has 0 spiro atoms. The van der Waals surface area contributed by atoms with Crippen LogP contribution >= 0.6 is 0 Å². The molecule has 0 saturated carbocycles. The smallest absolute Gasteiger partial charge is 0.257 e. The summed E-state index contributed by atoms with van der Waals surface area (Å²) < 4.78 is 11.0. The fourth-order valence-electron chi connectivity index (χ4n) is 2.47. The van der Waals surface area contributed by atoms with E-state index in [4.69, 9.17) is 15.2 Å². The van der Waals surface area contributed by atoms with Crippen molar-refractivity contribution >= 4 is 23.2 Å². The summed E-state index contributed by atoms with van der Waals surface area (Å²) in [5.41, 5.74) is 6.90. The summed E-state index contributed by atoms with van der Waals surface area (Å²) in [5.74, 6) is 0.332. The standard InChI is InChI=1S/C19H21N3O4/c1-12(11-20)18(23)22-15-5-3-2-4-14(15)19(24)21-13-6-7-16-17(10-13)26-9-8-25-16/h2-7,10,12H,8-9,11,20H2,1H3,(H,21,24)(H,22,23). The lowest BCUT2D eigenvalue weighted by Crippen LogP contribution is -2.27. The van der Waals surface area contributed by atoms with Gasteiger partial charge in [0, 0.05) is 24.2 Å². The zero-order valence-electron chi connectivity index (χ0n) is 14.5. The van der Waals surface area contributed by atoms with Gasteiger partial charge in [-0.3, -0.25) is 9.59 Å². The molecule has 0 aromatic heterocycles. The third-order valence-corrected chi connectivity index (χ3v) is 4.03. The molecule has 136 valence electrons. The average molecular weight is 355 g/mol. The summed E-state index contributed by atoms with van der Waals surface area (Å²) in [4.78, 5) is 24.7. The number of ether oxygens (including phenoxy) is 2. The molecule has 26 heavy (non-hydrogen) atoms. The summed E-state index contributed by atoms with van der Waals surface area (Å²) in [5, 5.41) is 5.57. The molecule has 2 amide bonds. The Morgan fingerprint density at radius 2 is 1.81 bits per heavy atom. The van der Waals surface area contributed by atoms with E-state index in [-0.39, 0.29) is 24.3 Å². The van der Waals surface area contributed by atoms with E-state index in [1.807, 2.05) is 0 Å².